The summed E-state index contributed by atoms with van der Waals surface area (Å²) in [6.45, 7) is 0.735. The van der Waals surface area contributed by atoms with Gasteiger partial charge in [0.15, 0.2) is 0 Å². The van der Waals surface area contributed by atoms with E-state index in [0.717, 1.165) is 14.7 Å². The molecule has 0 radical (unpaired) electrons. The Bertz CT molecular complexity index is 1430. The van der Waals surface area contributed by atoms with Gasteiger partial charge in [-0.05, 0) is 11.6 Å². The molecule has 0 aliphatic carbocycles. The summed E-state index contributed by atoms with van der Waals surface area (Å²) >= 11 is 1.19. The van der Waals surface area contributed by atoms with Crippen molar-refractivity contribution in [3.8, 4) is 6.07 Å². The third-order valence-electron chi connectivity index (χ3n) is 6.40. The number of anilines is 1. The predicted molar refractivity (Wildman–Crippen MR) is 137 cm³/mol. The molecule has 1 unspecified atom stereocenters. The molecule has 0 bridgehead atoms. The minimum Gasteiger partial charge on any atom is -0.543 e. The normalized spacial score (nSPS) is 19.2. The second kappa shape index (κ2) is 13.8. The number of benzene rings is 1. The van der Waals surface area contributed by atoms with Crippen LogP contribution in [0.4, 0.5) is 15.3 Å². The molecule has 3 heterocycles. The van der Waals surface area contributed by atoms with Crippen molar-refractivity contribution in [3.63, 3.8) is 0 Å². The zero-order chi connectivity index (χ0) is 29.8. The van der Waals surface area contributed by atoms with Gasteiger partial charge in [0.1, 0.15) is 24.4 Å². The first-order valence-electron chi connectivity index (χ1n) is 12.2. The van der Waals surface area contributed by atoms with Crippen LogP contribution in [0.15, 0.2) is 35.5 Å². The number of carboxylic acid groups (broad SMARTS) is 1. The van der Waals surface area contributed by atoms with Crippen molar-refractivity contribution in [2.75, 3.05) is 30.8 Å². The van der Waals surface area contributed by atoms with Crippen LogP contribution in [0.25, 0.3) is 0 Å². The summed E-state index contributed by atoms with van der Waals surface area (Å²) in [6.07, 6.45) is -0.765. The fraction of sp³-hybridized carbons (Fsp3) is 0.360. The van der Waals surface area contributed by atoms with Gasteiger partial charge in [0.05, 0.1) is 30.7 Å². The molecule has 15 nitrogen and oxygen atoms in total. The van der Waals surface area contributed by atoms with Crippen molar-refractivity contribution in [2.45, 2.75) is 31.2 Å². The van der Waals surface area contributed by atoms with Crippen LogP contribution in [0.3, 0.4) is 0 Å². The molecule has 3 aliphatic heterocycles. The zero-order valence-electron chi connectivity index (χ0n) is 22.6. The van der Waals surface area contributed by atoms with Crippen LogP contribution in [0.2, 0.25) is 0 Å². The van der Waals surface area contributed by atoms with Crippen LogP contribution in [-0.2, 0) is 35.1 Å². The van der Waals surface area contributed by atoms with Crippen LogP contribution in [0.1, 0.15) is 18.9 Å². The molecular weight excluding hydrogens is 583 g/mol. The van der Waals surface area contributed by atoms with Gasteiger partial charge in [0.2, 0.25) is 11.8 Å². The number of nitriles is 1. The Morgan fingerprint density at radius 1 is 1.14 bits per heavy atom. The maximum atomic E-state index is 12.9. The number of nitrogens with zero attached hydrogens (tertiary/aromatic N) is 4. The van der Waals surface area contributed by atoms with E-state index >= 15 is 0 Å². The Morgan fingerprint density at radius 3 is 2.50 bits per heavy atom. The number of urea groups is 2. The number of nitrogens with one attached hydrogen (secondary N) is 2. The maximum Gasteiger partial charge on any atom is 1.00 e. The number of hydrogen-bond acceptors (Lipinski definition) is 11. The van der Waals surface area contributed by atoms with Crippen LogP contribution in [0.5, 0.6) is 0 Å². The van der Waals surface area contributed by atoms with Gasteiger partial charge in [-0.15, -0.1) is 11.8 Å². The molecule has 17 heteroatoms. The van der Waals surface area contributed by atoms with Gasteiger partial charge in [-0.3, -0.25) is 29.0 Å². The monoisotopic (exact) mass is 606 g/mol. The molecule has 0 aromatic heterocycles. The molecule has 2 fully saturated rings. The molecule has 1 aromatic rings. The molecule has 7 amide bonds. The number of rotatable bonds is 8. The smallest absolute Gasteiger partial charge is 0.543 e. The summed E-state index contributed by atoms with van der Waals surface area (Å²) in [7, 11) is 0. The van der Waals surface area contributed by atoms with Crippen molar-refractivity contribution >= 4 is 59.2 Å². The van der Waals surface area contributed by atoms with Crippen molar-refractivity contribution in [3.05, 3.63) is 41.1 Å². The number of carbonyl (C=O) groups is 7. The molecule has 2 atom stereocenters. The third-order valence-corrected chi connectivity index (χ3v) is 7.74. The number of amides is 7. The summed E-state index contributed by atoms with van der Waals surface area (Å²) < 4.78 is 4.88. The van der Waals surface area contributed by atoms with E-state index in [1.807, 2.05) is 0 Å². The zero-order valence-corrected chi connectivity index (χ0v) is 25.4. The number of β-lactam (4-membered cyclic amide) rings is 1. The molecule has 2 N–H and O–H groups in total. The summed E-state index contributed by atoms with van der Waals surface area (Å²) in [5.74, 6) is -4.04. The second-order valence-corrected chi connectivity index (χ2v) is 10.2. The van der Waals surface area contributed by atoms with Gasteiger partial charge < -0.3 is 25.3 Å². The van der Waals surface area contributed by atoms with Gasteiger partial charge in [-0.25, -0.2) is 14.5 Å². The van der Waals surface area contributed by atoms with Crippen LogP contribution in [0, 0.1) is 11.3 Å². The molecule has 2 saturated heterocycles. The number of esters is 1. The third kappa shape index (κ3) is 6.76. The first-order valence-corrected chi connectivity index (χ1v) is 13.3. The van der Waals surface area contributed by atoms with Crippen LogP contribution < -0.4 is 45.3 Å². The van der Waals surface area contributed by atoms with Crippen LogP contribution >= 0.6 is 11.8 Å². The molecule has 1 aromatic carbocycles. The average Bonchev–Trinajstić information content (AvgIpc) is 3.32. The van der Waals surface area contributed by atoms with E-state index in [-0.39, 0.29) is 78.4 Å². The van der Waals surface area contributed by atoms with Crippen molar-refractivity contribution < 1.29 is 73.0 Å². The van der Waals surface area contributed by atoms with Gasteiger partial charge in [0, 0.05) is 30.5 Å². The molecular formula is C25H23N6NaO9S. The van der Waals surface area contributed by atoms with E-state index in [1.165, 1.54) is 24.8 Å². The van der Waals surface area contributed by atoms with E-state index in [9.17, 15) is 38.7 Å². The van der Waals surface area contributed by atoms with E-state index in [1.54, 1.807) is 24.3 Å². The fourth-order valence-corrected chi connectivity index (χ4v) is 5.80. The quantitative estimate of drug-likeness (QED) is 0.165. The van der Waals surface area contributed by atoms with Crippen molar-refractivity contribution in [2.24, 2.45) is 0 Å². The predicted octanol–water partition coefficient (Wildman–Crippen LogP) is -4.09. The Kier molecular flexibility index (Phi) is 10.7. The minimum absolute atomic E-state index is 0. The average molecular weight is 607 g/mol. The number of imide groups is 2. The van der Waals surface area contributed by atoms with Gasteiger partial charge in [0.25, 0.3) is 5.91 Å². The summed E-state index contributed by atoms with van der Waals surface area (Å²) in [5.41, 5.74) is 0.399. The second-order valence-electron chi connectivity index (χ2n) is 9.05. The molecule has 4 rings (SSSR count). The van der Waals surface area contributed by atoms with Gasteiger partial charge >= 0.3 is 47.6 Å². The largest absolute Gasteiger partial charge is 1.00 e. The number of aliphatic carboxylic acids is 1. The number of fused-ring (bicyclic) bond motifs is 1. The number of ether oxygens (including phenoxy) is 1. The number of carbonyl (C=O) groups excluding carboxylic acids is 7. The van der Waals surface area contributed by atoms with Crippen molar-refractivity contribution in [1.29, 1.82) is 5.26 Å². The fourth-order valence-electron chi connectivity index (χ4n) is 4.47. The number of para-hydroxylation sites is 1. The SMILES string of the molecule is CC(=O)OCC1=C(C(=O)[O-])N2C(=O)C(NC(=O)Cc3ccccc3NC(=O)N3CCN(C(=O)CC#N)C3=O)[C@H]2SC1.[Na+]. The number of carboxylic acids is 1. The molecule has 3 aliphatic rings. The van der Waals surface area contributed by atoms with E-state index < -0.39 is 59.6 Å². The van der Waals surface area contributed by atoms with E-state index in [2.05, 4.69) is 10.6 Å². The topological polar surface area (TPSA) is 209 Å². The summed E-state index contributed by atoms with van der Waals surface area (Å²) in [5, 5.41) is 24.9. The Morgan fingerprint density at radius 2 is 1.83 bits per heavy atom. The molecule has 0 saturated carbocycles. The number of hydrogen-bond donors (Lipinski definition) is 2. The minimum atomic E-state index is -1.60. The van der Waals surface area contributed by atoms with Gasteiger partial charge in [-0.2, -0.15) is 5.26 Å². The van der Waals surface area contributed by atoms with Gasteiger partial charge in [-0.1, -0.05) is 18.2 Å². The number of thioether (sulfide) groups is 1. The van der Waals surface area contributed by atoms with Crippen molar-refractivity contribution in [1.82, 2.24) is 20.0 Å². The molecule has 214 valence electrons. The van der Waals surface area contributed by atoms with Crippen LogP contribution in [-0.4, -0.2) is 93.3 Å². The maximum absolute atomic E-state index is 12.9. The van der Waals surface area contributed by atoms with E-state index in [4.69, 9.17) is 10.00 Å². The summed E-state index contributed by atoms with van der Waals surface area (Å²) in [6, 6.07) is 5.24. The molecule has 0 spiro atoms. The standard InChI is InChI=1S/C25H24N6O9S.Na/c1-13(32)40-11-15-12-41-22-19(21(35)31(22)20(15)23(36)37)28-17(33)10-14-4-2-3-5-16(14)27-24(38)30-9-8-29(25(30)39)18(34)6-7-26;/h2-5,19,22H,6,8-12H2,1H3,(H,27,38)(H,28,33)(H,36,37);/q;+1/p-1/t19?,22-;/m1./s1. The Hall–Kier alpha value is -3.91. The molecule has 42 heavy (non-hydrogen) atoms. The Balaban J connectivity index is 0.00000484. The first kappa shape index (κ1) is 32.6. The Labute approximate surface area is 265 Å². The first-order chi connectivity index (χ1) is 19.5. The van der Waals surface area contributed by atoms with E-state index in [0.29, 0.717) is 5.56 Å². The summed E-state index contributed by atoms with van der Waals surface area (Å²) in [4.78, 5) is 88.3.